The molecule has 0 aliphatic heterocycles. The van der Waals surface area contributed by atoms with E-state index in [2.05, 4.69) is 20.7 Å². The van der Waals surface area contributed by atoms with Crippen LogP contribution in [0.3, 0.4) is 0 Å². The number of esters is 1. The van der Waals surface area contributed by atoms with Gasteiger partial charge in [0.2, 0.25) is 5.82 Å². The number of hydrogen-bond donors (Lipinski definition) is 2. The molecule has 206 valence electrons. The summed E-state index contributed by atoms with van der Waals surface area (Å²) >= 11 is 0. The van der Waals surface area contributed by atoms with Crippen LogP contribution in [0.1, 0.15) is 45.7 Å². The molecule has 3 aromatic rings. The van der Waals surface area contributed by atoms with E-state index in [1.54, 1.807) is 69.3 Å². The quantitative estimate of drug-likeness (QED) is 0.274. The number of nitrogens with one attached hydrogen (secondary N) is 1. The van der Waals surface area contributed by atoms with Gasteiger partial charge in [-0.15, -0.1) is 15.0 Å². The Morgan fingerprint density at radius 2 is 1.59 bits per heavy atom. The molecule has 3 N–H and O–H groups in total. The van der Waals surface area contributed by atoms with E-state index in [0.29, 0.717) is 5.56 Å². The van der Waals surface area contributed by atoms with Crippen molar-refractivity contribution in [2.45, 2.75) is 64.4 Å². The maximum Gasteiger partial charge on any atom is 0.408 e. The first kappa shape index (κ1) is 29.1. The molecule has 0 aliphatic carbocycles. The van der Waals surface area contributed by atoms with Crippen LogP contribution in [0.25, 0.3) is 11.4 Å². The molecular formula is C27H32N6O6. The standard InChI is InChI=1S/C27H32N6O6/c1-17(29-26(37)38-16-18-11-7-5-8-12-18)23(35)22(24(36)20(28)15-21(34)39-27(2,3)4)33-31-25(30-32-33)19-13-9-6-10-14-19/h5-14,17,20,22H,15-16,28H2,1-4H3,(H,29,37)/t17-,20?,22?/m0/s1. The summed E-state index contributed by atoms with van der Waals surface area (Å²) in [6.45, 7) is 6.42. The van der Waals surface area contributed by atoms with Crippen molar-refractivity contribution >= 4 is 23.6 Å². The number of rotatable bonds is 11. The Hall–Kier alpha value is -4.45. The molecule has 0 aliphatic rings. The van der Waals surface area contributed by atoms with Crippen LogP contribution in [0.5, 0.6) is 0 Å². The fourth-order valence-corrected chi connectivity index (χ4v) is 3.52. The Morgan fingerprint density at radius 3 is 2.21 bits per heavy atom. The highest BCUT2D eigenvalue weighted by molar-refractivity contribution is 6.09. The Kier molecular flexibility index (Phi) is 9.61. The molecule has 0 saturated carbocycles. The lowest BCUT2D eigenvalue weighted by Gasteiger charge is -2.23. The summed E-state index contributed by atoms with van der Waals surface area (Å²) < 4.78 is 10.4. The lowest BCUT2D eigenvalue weighted by atomic mass is 9.96. The summed E-state index contributed by atoms with van der Waals surface area (Å²) in [5.74, 6) is -2.14. The summed E-state index contributed by atoms with van der Waals surface area (Å²) in [5.41, 5.74) is 6.62. The van der Waals surface area contributed by atoms with Gasteiger partial charge in [-0.1, -0.05) is 60.7 Å². The highest BCUT2D eigenvalue weighted by Crippen LogP contribution is 2.18. The zero-order chi connectivity index (χ0) is 28.6. The topological polar surface area (TPSA) is 168 Å². The van der Waals surface area contributed by atoms with Gasteiger partial charge in [0.05, 0.1) is 18.5 Å². The smallest absolute Gasteiger partial charge is 0.408 e. The summed E-state index contributed by atoms with van der Waals surface area (Å²) in [5, 5.41) is 14.5. The molecule has 1 heterocycles. The Bertz CT molecular complexity index is 1290. The van der Waals surface area contributed by atoms with Crippen molar-refractivity contribution in [3.05, 3.63) is 66.2 Å². The average molecular weight is 537 g/mol. The Balaban J connectivity index is 1.79. The minimum absolute atomic E-state index is 0.0121. The van der Waals surface area contributed by atoms with Gasteiger partial charge < -0.3 is 20.5 Å². The van der Waals surface area contributed by atoms with Crippen molar-refractivity contribution < 1.29 is 28.7 Å². The lowest BCUT2D eigenvalue weighted by Crippen LogP contribution is -2.49. The third kappa shape index (κ3) is 8.54. The average Bonchev–Trinajstić information content (AvgIpc) is 3.37. The molecule has 3 atom stereocenters. The van der Waals surface area contributed by atoms with Crippen LogP contribution < -0.4 is 11.1 Å². The number of carbonyl (C=O) groups is 4. The second-order valence-corrected chi connectivity index (χ2v) is 9.83. The molecular weight excluding hydrogens is 504 g/mol. The SMILES string of the molecule is C[C@H](NC(=O)OCc1ccccc1)C(=O)C(C(=O)C(N)CC(=O)OC(C)(C)C)n1nnc(-c2ccccc2)n1. The predicted molar refractivity (Wildman–Crippen MR) is 140 cm³/mol. The van der Waals surface area contributed by atoms with Gasteiger partial charge >= 0.3 is 12.1 Å². The minimum atomic E-state index is -1.67. The molecule has 12 nitrogen and oxygen atoms in total. The van der Waals surface area contributed by atoms with Crippen molar-refractivity contribution in [2.75, 3.05) is 0 Å². The monoisotopic (exact) mass is 536 g/mol. The number of nitrogens with zero attached hydrogens (tertiary/aromatic N) is 4. The minimum Gasteiger partial charge on any atom is -0.460 e. The molecule has 39 heavy (non-hydrogen) atoms. The van der Waals surface area contributed by atoms with E-state index in [4.69, 9.17) is 15.2 Å². The van der Waals surface area contributed by atoms with Crippen LogP contribution in [0.4, 0.5) is 4.79 Å². The number of hydrogen-bond acceptors (Lipinski definition) is 10. The molecule has 3 rings (SSSR count). The number of benzene rings is 2. The van der Waals surface area contributed by atoms with Gasteiger partial charge in [-0.2, -0.15) is 0 Å². The molecule has 0 spiro atoms. The molecule has 1 amide bonds. The number of alkyl carbamates (subject to hydrolysis) is 1. The van der Waals surface area contributed by atoms with Crippen LogP contribution in [0.15, 0.2) is 60.7 Å². The molecule has 2 aromatic carbocycles. The molecule has 12 heteroatoms. The number of amides is 1. The number of tetrazole rings is 1. The third-order valence-electron chi connectivity index (χ3n) is 5.38. The van der Waals surface area contributed by atoms with Crippen molar-refractivity contribution in [2.24, 2.45) is 5.73 Å². The summed E-state index contributed by atoms with van der Waals surface area (Å²) in [4.78, 5) is 52.4. The summed E-state index contributed by atoms with van der Waals surface area (Å²) in [6, 6.07) is 13.6. The number of ketones is 2. The molecule has 0 fully saturated rings. The van der Waals surface area contributed by atoms with Crippen molar-refractivity contribution in [3.63, 3.8) is 0 Å². The van der Waals surface area contributed by atoms with E-state index in [0.717, 1.165) is 10.4 Å². The van der Waals surface area contributed by atoms with Crippen LogP contribution in [0, 0.1) is 0 Å². The van der Waals surface area contributed by atoms with Gasteiger partial charge in [-0.25, -0.2) is 4.79 Å². The predicted octanol–water partition coefficient (Wildman–Crippen LogP) is 2.39. The van der Waals surface area contributed by atoms with Crippen molar-refractivity contribution in [1.82, 2.24) is 25.5 Å². The van der Waals surface area contributed by atoms with Gasteiger partial charge in [0.1, 0.15) is 12.2 Å². The van der Waals surface area contributed by atoms with Crippen molar-refractivity contribution in [3.8, 4) is 11.4 Å². The van der Waals surface area contributed by atoms with Crippen LogP contribution >= 0.6 is 0 Å². The zero-order valence-corrected chi connectivity index (χ0v) is 22.2. The molecule has 0 bridgehead atoms. The first-order valence-electron chi connectivity index (χ1n) is 12.3. The second kappa shape index (κ2) is 12.9. The van der Waals surface area contributed by atoms with Gasteiger partial charge in [0.25, 0.3) is 0 Å². The Morgan fingerprint density at radius 1 is 0.974 bits per heavy atom. The highest BCUT2D eigenvalue weighted by Gasteiger charge is 2.38. The molecule has 2 unspecified atom stereocenters. The van der Waals surface area contributed by atoms with Gasteiger partial charge in [-0.05, 0) is 38.5 Å². The first-order chi connectivity index (χ1) is 18.4. The zero-order valence-electron chi connectivity index (χ0n) is 22.2. The van der Waals surface area contributed by atoms with Gasteiger partial charge in [-0.3, -0.25) is 14.4 Å². The maximum absolute atomic E-state index is 13.5. The highest BCUT2D eigenvalue weighted by atomic mass is 16.6. The largest absolute Gasteiger partial charge is 0.460 e. The van der Waals surface area contributed by atoms with E-state index >= 15 is 0 Å². The number of aromatic nitrogens is 4. The maximum atomic E-state index is 13.5. The van der Waals surface area contributed by atoms with Crippen LogP contribution in [-0.2, 0) is 30.5 Å². The van der Waals surface area contributed by atoms with Gasteiger partial charge in [0, 0.05) is 5.56 Å². The lowest BCUT2D eigenvalue weighted by molar-refractivity contribution is -0.156. The number of Topliss-reactive ketones (excluding diaryl/α,β-unsaturated/α-hetero) is 2. The fraction of sp³-hybridized carbons (Fsp3) is 0.370. The van der Waals surface area contributed by atoms with E-state index in [1.165, 1.54) is 6.92 Å². The van der Waals surface area contributed by atoms with E-state index in [9.17, 15) is 19.2 Å². The van der Waals surface area contributed by atoms with Crippen molar-refractivity contribution in [1.29, 1.82) is 0 Å². The molecule has 0 saturated heterocycles. The summed E-state index contributed by atoms with van der Waals surface area (Å²) in [6.07, 6.45) is -1.33. The van der Waals surface area contributed by atoms with Gasteiger partial charge in [0.15, 0.2) is 17.6 Å². The molecule has 1 aromatic heterocycles. The second-order valence-electron chi connectivity index (χ2n) is 9.83. The molecule has 0 radical (unpaired) electrons. The summed E-state index contributed by atoms with van der Waals surface area (Å²) in [7, 11) is 0. The third-order valence-corrected chi connectivity index (χ3v) is 5.38. The van der Waals surface area contributed by atoms with Crippen LogP contribution in [-0.4, -0.2) is 61.5 Å². The Labute approximate surface area is 225 Å². The normalized spacial score (nSPS) is 13.6. The van der Waals surface area contributed by atoms with E-state index in [-0.39, 0.29) is 12.4 Å². The number of nitrogens with two attached hydrogens (primary N) is 1. The van der Waals surface area contributed by atoms with E-state index in [1.807, 2.05) is 12.1 Å². The first-order valence-corrected chi connectivity index (χ1v) is 12.3. The fourth-order valence-electron chi connectivity index (χ4n) is 3.52. The number of ether oxygens (including phenoxy) is 2. The number of carbonyl (C=O) groups excluding carboxylic acids is 4. The van der Waals surface area contributed by atoms with E-state index < -0.39 is 53.8 Å². The van der Waals surface area contributed by atoms with Crippen LogP contribution in [0.2, 0.25) is 0 Å².